The maximum absolute atomic E-state index is 10.8. The van der Waals surface area contributed by atoms with Crippen molar-refractivity contribution in [3.8, 4) is 5.75 Å². The van der Waals surface area contributed by atoms with Gasteiger partial charge in [0.2, 0.25) is 0 Å². The van der Waals surface area contributed by atoms with Gasteiger partial charge in [0.1, 0.15) is 11.4 Å². The molecule has 0 aliphatic rings. The number of hydrogen-bond acceptors (Lipinski definition) is 4. The summed E-state index contributed by atoms with van der Waals surface area (Å²) in [6.07, 6.45) is 0.774. The maximum Gasteiger partial charge on any atom is 0.296 e. The monoisotopic (exact) mass is 238 g/mol. The van der Waals surface area contributed by atoms with Gasteiger partial charge in [-0.3, -0.25) is 10.1 Å². The van der Waals surface area contributed by atoms with Crippen LogP contribution >= 0.6 is 0 Å². The second kappa shape index (κ2) is 7.27. The highest BCUT2D eigenvalue weighted by Gasteiger charge is 2.16. The van der Waals surface area contributed by atoms with Gasteiger partial charge < -0.3 is 10.1 Å². The predicted octanol–water partition coefficient (Wildman–Crippen LogP) is 3.01. The van der Waals surface area contributed by atoms with Crippen molar-refractivity contribution in [1.29, 1.82) is 0 Å². The summed E-state index contributed by atoms with van der Waals surface area (Å²) in [6, 6.07) is 3.20. The van der Waals surface area contributed by atoms with Gasteiger partial charge in [0, 0.05) is 7.05 Å². The number of benzene rings is 1. The number of nitrogens with one attached hydrogen (secondary N) is 1. The standard InChI is InChI=1S/C10H14N2O3.C2H4/c1-4-7-5-8(11-2)9(12(13)14)6-10(7)15-3;1-2/h5-6,11H,4H2,1-3H3;1-2H2. The van der Waals surface area contributed by atoms with E-state index in [0.29, 0.717) is 11.4 Å². The molecule has 0 aromatic heterocycles. The summed E-state index contributed by atoms with van der Waals surface area (Å²) < 4.78 is 5.09. The Hall–Kier alpha value is -2.04. The van der Waals surface area contributed by atoms with Gasteiger partial charge in [-0.05, 0) is 18.1 Å². The first-order chi connectivity index (χ1) is 8.13. The molecule has 1 N–H and O–H groups in total. The Bertz CT molecular complexity index is 392. The molecule has 0 amide bonds. The zero-order valence-electron chi connectivity index (χ0n) is 10.4. The van der Waals surface area contributed by atoms with E-state index in [1.807, 2.05) is 6.92 Å². The van der Waals surface area contributed by atoms with E-state index in [1.165, 1.54) is 13.2 Å². The lowest BCUT2D eigenvalue weighted by atomic mass is 10.1. The first kappa shape index (κ1) is 15.0. The Morgan fingerprint density at radius 1 is 1.47 bits per heavy atom. The Balaban J connectivity index is 0.00000121. The van der Waals surface area contributed by atoms with Crippen molar-refractivity contribution in [2.75, 3.05) is 19.5 Å². The Morgan fingerprint density at radius 3 is 2.41 bits per heavy atom. The molecule has 0 saturated carbocycles. The van der Waals surface area contributed by atoms with E-state index < -0.39 is 4.92 Å². The van der Waals surface area contributed by atoms with E-state index in [4.69, 9.17) is 4.74 Å². The van der Waals surface area contributed by atoms with Crippen molar-refractivity contribution in [3.63, 3.8) is 0 Å². The fourth-order valence-electron chi connectivity index (χ4n) is 1.43. The van der Waals surface area contributed by atoms with Crippen LogP contribution in [0.15, 0.2) is 25.3 Å². The van der Waals surface area contributed by atoms with Crippen LogP contribution in [0.5, 0.6) is 5.75 Å². The van der Waals surface area contributed by atoms with Crippen LogP contribution in [-0.2, 0) is 6.42 Å². The fraction of sp³-hybridized carbons (Fsp3) is 0.333. The zero-order valence-corrected chi connectivity index (χ0v) is 10.4. The molecule has 0 heterocycles. The van der Waals surface area contributed by atoms with Gasteiger partial charge >= 0.3 is 0 Å². The molecule has 0 fully saturated rings. The number of nitro benzene ring substituents is 1. The third-order valence-corrected chi connectivity index (χ3v) is 2.25. The molecule has 0 radical (unpaired) electrons. The highest BCUT2D eigenvalue weighted by Crippen LogP contribution is 2.32. The van der Waals surface area contributed by atoms with Crippen LogP contribution in [0, 0.1) is 10.1 Å². The van der Waals surface area contributed by atoms with E-state index in [0.717, 1.165) is 12.0 Å². The van der Waals surface area contributed by atoms with Crippen molar-refractivity contribution in [2.24, 2.45) is 0 Å². The Morgan fingerprint density at radius 2 is 2.06 bits per heavy atom. The van der Waals surface area contributed by atoms with Crippen LogP contribution < -0.4 is 10.1 Å². The second-order valence-electron chi connectivity index (χ2n) is 3.04. The summed E-state index contributed by atoms with van der Waals surface area (Å²) in [5, 5.41) is 13.6. The molecule has 5 heteroatoms. The topological polar surface area (TPSA) is 64.4 Å². The van der Waals surface area contributed by atoms with Crippen molar-refractivity contribution in [2.45, 2.75) is 13.3 Å². The molecular formula is C12H18N2O3. The third kappa shape index (κ3) is 3.48. The first-order valence-corrected chi connectivity index (χ1v) is 5.17. The van der Waals surface area contributed by atoms with Crippen LogP contribution in [0.1, 0.15) is 12.5 Å². The molecule has 0 saturated heterocycles. The van der Waals surface area contributed by atoms with Gasteiger partial charge in [-0.2, -0.15) is 0 Å². The minimum atomic E-state index is -0.423. The molecule has 0 atom stereocenters. The molecule has 1 rings (SSSR count). The third-order valence-electron chi connectivity index (χ3n) is 2.25. The highest BCUT2D eigenvalue weighted by atomic mass is 16.6. The lowest BCUT2D eigenvalue weighted by Crippen LogP contribution is -2.00. The van der Waals surface area contributed by atoms with Gasteiger partial charge in [0.25, 0.3) is 5.69 Å². The Kier molecular flexibility index (Phi) is 6.40. The fourth-order valence-corrected chi connectivity index (χ4v) is 1.43. The maximum atomic E-state index is 10.8. The minimum absolute atomic E-state index is 0.0338. The summed E-state index contributed by atoms with van der Waals surface area (Å²) >= 11 is 0. The number of nitrogens with zero attached hydrogens (tertiary/aromatic N) is 1. The van der Waals surface area contributed by atoms with Crippen LogP contribution in [0.3, 0.4) is 0 Å². The molecule has 0 unspecified atom stereocenters. The quantitative estimate of drug-likeness (QED) is 0.497. The predicted molar refractivity (Wildman–Crippen MR) is 69.8 cm³/mol. The van der Waals surface area contributed by atoms with Crippen LogP contribution in [0.25, 0.3) is 0 Å². The molecule has 17 heavy (non-hydrogen) atoms. The number of ether oxygens (including phenoxy) is 1. The number of rotatable bonds is 4. The van der Waals surface area contributed by atoms with Crippen LogP contribution in [0.4, 0.5) is 11.4 Å². The van der Waals surface area contributed by atoms with E-state index >= 15 is 0 Å². The van der Waals surface area contributed by atoms with Crippen LogP contribution in [0.2, 0.25) is 0 Å². The molecular weight excluding hydrogens is 220 g/mol. The smallest absolute Gasteiger partial charge is 0.296 e. The first-order valence-electron chi connectivity index (χ1n) is 5.17. The number of anilines is 1. The molecule has 0 bridgehead atoms. The van der Waals surface area contributed by atoms with E-state index in [2.05, 4.69) is 18.5 Å². The van der Waals surface area contributed by atoms with E-state index in [-0.39, 0.29) is 5.69 Å². The summed E-state index contributed by atoms with van der Waals surface area (Å²) in [4.78, 5) is 10.3. The van der Waals surface area contributed by atoms with Gasteiger partial charge in [0.15, 0.2) is 0 Å². The van der Waals surface area contributed by atoms with Gasteiger partial charge in [0.05, 0.1) is 18.1 Å². The normalized spacial score (nSPS) is 8.88. The largest absolute Gasteiger partial charge is 0.496 e. The average molecular weight is 238 g/mol. The summed E-state index contributed by atoms with van der Waals surface area (Å²) in [5.41, 5.74) is 1.50. The second-order valence-corrected chi connectivity index (χ2v) is 3.04. The molecule has 94 valence electrons. The van der Waals surface area contributed by atoms with E-state index in [9.17, 15) is 10.1 Å². The number of hydrogen-bond donors (Lipinski definition) is 1. The van der Waals surface area contributed by atoms with Crippen molar-refractivity contribution < 1.29 is 9.66 Å². The SMILES string of the molecule is C=C.CCc1cc(NC)c([N+](=O)[O-])cc1OC. The number of methoxy groups -OCH3 is 1. The summed E-state index contributed by atoms with van der Waals surface area (Å²) in [6.45, 7) is 7.98. The number of aryl methyl sites for hydroxylation is 1. The number of nitro groups is 1. The molecule has 5 nitrogen and oxygen atoms in total. The lowest BCUT2D eigenvalue weighted by molar-refractivity contribution is -0.384. The molecule has 0 spiro atoms. The lowest BCUT2D eigenvalue weighted by Gasteiger charge is -2.09. The van der Waals surface area contributed by atoms with Crippen molar-refractivity contribution in [1.82, 2.24) is 0 Å². The van der Waals surface area contributed by atoms with Crippen LogP contribution in [-0.4, -0.2) is 19.1 Å². The van der Waals surface area contributed by atoms with Crippen molar-refractivity contribution >= 4 is 11.4 Å². The summed E-state index contributed by atoms with van der Waals surface area (Å²) in [7, 11) is 3.17. The molecule has 1 aromatic rings. The van der Waals surface area contributed by atoms with Crippen molar-refractivity contribution in [3.05, 3.63) is 41.0 Å². The average Bonchev–Trinajstić information content (AvgIpc) is 2.39. The Labute approximate surface area is 101 Å². The molecule has 0 aliphatic heterocycles. The minimum Gasteiger partial charge on any atom is -0.496 e. The van der Waals surface area contributed by atoms with E-state index in [1.54, 1.807) is 13.1 Å². The summed E-state index contributed by atoms with van der Waals surface area (Å²) in [5.74, 6) is 0.559. The molecule has 0 aliphatic carbocycles. The van der Waals surface area contributed by atoms with Gasteiger partial charge in [-0.25, -0.2) is 0 Å². The highest BCUT2D eigenvalue weighted by molar-refractivity contribution is 5.66. The van der Waals surface area contributed by atoms with Gasteiger partial charge in [-0.15, -0.1) is 13.2 Å². The zero-order chi connectivity index (χ0) is 13.4. The van der Waals surface area contributed by atoms with Gasteiger partial charge in [-0.1, -0.05) is 6.92 Å². The molecule has 1 aromatic carbocycles.